The molecule has 1 aliphatic rings. The highest BCUT2D eigenvalue weighted by Gasteiger charge is 2.39. The molecule has 1 unspecified atom stereocenters. The second kappa shape index (κ2) is 6.56. The lowest BCUT2D eigenvalue weighted by Gasteiger charge is -2.39. The normalized spacial score (nSPS) is 20.6. The van der Waals surface area contributed by atoms with Gasteiger partial charge in [-0.25, -0.2) is 0 Å². The molecule has 19 heavy (non-hydrogen) atoms. The summed E-state index contributed by atoms with van der Waals surface area (Å²) in [5, 5.41) is 1.99. The smallest absolute Gasteiger partial charge is 0.347 e. The first kappa shape index (κ1) is 16.2. The third kappa shape index (κ3) is 4.99. The lowest BCUT2D eigenvalue weighted by Crippen LogP contribution is -2.55. The van der Waals surface area contributed by atoms with Crippen molar-refractivity contribution in [3.8, 4) is 0 Å². The second-order valence-corrected chi connectivity index (χ2v) is 5.36. The van der Waals surface area contributed by atoms with Crippen LogP contribution in [0.3, 0.4) is 0 Å². The summed E-state index contributed by atoms with van der Waals surface area (Å²) < 4.78 is 36.5. The number of alkyl halides is 3. The molecule has 0 bridgehead atoms. The molecule has 0 aromatic heterocycles. The van der Waals surface area contributed by atoms with Gasteiger partial charge in [-0.1, -0.05) is 13.8 Å². The maximum atomic E-state index is 12.2. The van der Waals surface area contributed by atoms with Crippen LogP contribution < -0.4 is 5.32 Å². The summed E-state index contributed by atoms with van der Waals surface area (Å²) in [6.07, 6.45) is -4.80. The molecule has 0 aliphatic carbocycles. The van der Waals surface area contributed by atoms with Crippen LogP contribution in [0.5, 0.6) is 0 Å². The molecule has 1 aliphatic heterocycles. The summed E-state index contributed by atoms with van der Waals surface area (Å²) in [6, 6.07) is -0.0556. The quantitative estimate of drug-likeness (QED) is 0.833. The molecule has 0 spiro atoms. The van der Waals surface area contributed by atoms with Gasteiger partial charge in [0.2, 0.25) is 0 Å². The fourth-order valence-electron chi connectivity index (χ4n) is 2.24. The van der Waals surface area contributed by atoms with Crippen LogP contribution >= 0.6 is 0 Å². The van der Waals surface area contributed by atoms with Crippen molar-refractivity contribution in [2.45, 2.75) is 26.1 Å². The lowest BCUT2D eigenvalue weighted by atomic mass is 10.0. The van der Waals surface area contributed by atoms with Crippen molar-refractivity contribution in [1.29, 1.82) is 0 Å². The number of nitrogens with zero attached hydrogens (tertiary/aromatic N) is 2. The van der Waals surface area contributed by atoms with Crippen molar-refractivity contribution < 1.29 is 18.0 Å². The minimum Gasteiger partial charge on any atom is -0.347 e. The number of halogens is 3. The molecule has 1 heterocycles. The van der Waals surface area contributed by atoms with E-state index in [1.54, 1.807) is 0 Å². The minimum absolute atomic E-state index is 0.0414. The highest BCUT2D eigenvalue weighted by molar-refractivity contribution is 5.81. The van der Waals surface area contributed by atoms with Crippen molar-refractivity contribution in [1.82, 2.24) is 15.1 Å². The van der Waals surface area contributed by atoms with Crippen molar-refractivity contribution in [3.63, 3.8) is 0 Å². The zero-order valence-electron chi connectivity index (χ0n) is 11.6. The highest BCUT2D eigenvalue weighted by Crippen LogP contribution is 2.16. The Bertz CT molecular complexity index is 299. The maximum absolute atomic E-state index is 12.2. The van der Waals surface area contributed by atoms with Gasteiger partial charge in [0, 0.05) is 38.8 Å². The molecular weight excluding hydrogens is 259 g/mol. The summed E-state index contributed by atoms with van der Waals surface area (Å²) in [4.78, 5) is 15.2. The number of hydrogen-bond acceptors (Lipinski definition) is 3. The van der Waals surface area contributed by atoms with Gasteiger partial charge in [0.15, 0.2) is 0 Å². The average Bonchev–Trinajstić information content (AvgIpc) is 2.29. The topological polar surface area (TPSA) is 35.6 Å². The molecule has 1 atom stereocenters. The van der Waals surface area contributed by atoms with E-state index in [9.17, 15) is 18.0 Å². The van der Waals surface area contributed by atoms with Crippen LogP contribution in [-0.4, -0.2) is 67.7 Å². The Labute approximate surface area is 111 Å². The maximum Gasteiger partial charge on any atom is 0.471 e. The van der Waals surface area contributed by atoms with Crippen LogP contribution in [0.25, 0.3) is 0 Å². The number of nitrogens with one attached hydrogen (secondary N) is 1. The first-order valence-corrected chi connectivity index (χ1v) is 6.49. The Hall–Kier alpha value is -0.820. The molecule has 1 N–H and O–H groups in total. The minimum atomic E-state index is -4.80. The highest BCUT2D eigenvalue weighted by atomic mass is 19.4. The van der Waals surface area contributed by atoms with E-state index in [0.717, 1.165) is 26.2 Å². The van der Waals surface area contributed by atoms with Gasteiger partial charge in [-0.05, 0) is 13.0 Å². The molecule has 1 saturated heterocycles. The zero-order chi connectivity index (χ0) is 14.6. The number of amides is 1. The molecule has 7 heteroatoms. The van der Waals surface area contributed by atoms with Crippen LogP contribution in [0.1, 0.15) is 13.8 Å². The van der Waals surface area contributed by atoms with Gasteiger partial charge in [-0.15, -0.1) is 0 Å². The molecule has 112 valence electrons. The summed E-state index contributed by atoms with van der Waals surface area (Å²) in [5.41, 5.74) is 0. The van der Waals surface area contributed by atoms with Crippen LogP contribution in [-0.2, 0) is 4.79 Å². The lowest BCUT2D eigenvalue weighted by molar-refractivity contribution is -0.173. The number of carbonyl (C=O) groups excluding carboxylic acids is 1. The Balaban J connectivity index is 2.52. The van der Waals surface area contributed by atoms with E-state index < -0.39 is 12.1 Å². The van der Waals surface area contributed by atoms with Gasteiger partial charge in [0.05, 0.1) is 0 Å². The molecule has 0 saturated carbocycles. The summed E-state index contributed by atoms with van der Waals surface area (Å²) in [5.74, 6) is -1.66. The van der Waals surface area contributed by atoms with Gasteiger partial charge < -0.3 is 10.2 Å². The summed E-state index contributed by atoms with van der Waals surface area (Å²) >= 11 is 0. The van der Waals surface area contributed by atoms with Crippen LogP contribution in [0.2, 0.25) is 0 Å². The molecule has 4 nitrogen and oxygen atoms in total. The van der Waals surface area contributed by atoms with E-state index in [0.29, 0.717) is 0 Å². The third-order valence-electron chi connectivity index (χ3n) is 3.51. The Morgan fingerprint density at radius 2 is 1.74 bits per heavy atom. The van der Waals surface area contributed by atoms with Crippen molar-refractivity contribution in [2.75, 3.05) is 39.8 Å². The number of carbonyl (C=O) groups is 1. The van der Waals surface area contributed by atoms with E-state index in [-0.39, 0.29) is 18.5 Å². The van der Waals surface area contributed by atoms with Crippen molar-refractivity contribution in [3.05, 3.63) is 0 Å². The Morgan fingerprint density at radius 3 is 2.16 bits per heavy atom. The van der Waals surface area contributed by atoms with E-state index in [1.165, 1.54) is 0 Å². The van der Waals surface area contributed by atoms with Gasteiger partial charge in [-0.2, -0.15) is 13.2 Å². The third-order valence-corrected chi connectivity index (χ3v) is 3.51. The Kier molecular flexibility index (Phi) is 5.61. The molecule has 1 fully saturated rings. The monoisotopic (exact) mass is 281 g/mol. The molecule has 1 rings (SSSR count). The first-order chi connectivity index (χ1) is 8.71. The molecular formula is C12H22F3N3O. The SMILES string of the molecule is CC(C)C(CNC(=O)C(F)(F)F)N1CCN(C)CC1. The van der Waals surface area contributed by atoms with E-state index in [2.05, 4.69) is 9.80 Å². The molecule has 1 amide bonds. The predicted molar refractivity (Wildman–Crippen MR) is 66.8 cm³/mol. The van der Waals surface area contributed by atoms with E-state index in [4.69, 9.17) is 0 Å². The zero-order valence-corrected chi connectivity index (χ0v) is 11.6. The largest absolute Gasteiger partial charge is 0.471 e. The van der Waals surface area contributed by atoms with Crippen LogP contribution in [0.4, 0.5) is 13.2 Å². The number of likely N-dealkylation sites (N-methyl/N-ethyl adjacent to an activating group) is 1. The van der Waals surface area contributed by atoms with Crippen LogP contribution in [0.15, 0.2) is 0 Å². The standard InChI is InChI=1S/C12H22F3N3O/c1-9(2)10(8-16-11(19)12(13,14)15)18-6-4-17(3)5-7-18/h9-10H,4-8H2,1-3H3,(H,16,19). The second-order valence-electron chi connectivity index (χ2n) is 5.36. The first-order valence-electron chi connectivity index (χ1n) is 6.49. The van der Waals surface area contributed by atoms with E-state index in [1.807, 2.05) is 26.2 Å². The van der Waals surface area contributed by atoms with Crippen molar-refractivity contribution >= 4 is 5.91 Å². The summed E-state index contributed by atoms with van der Waals surface area (Å²) in [7, 11) is 2.02. The molecule has 0 aromatic rings. The fourth-order valence-corrected chi connectivity index (χ4v) is 2.24. The molecule has 0 aromatic carbocycles. The number of piperazine rings is 1. The number of hydrogen-bond donors (Lipinski definition) is 1. The van der Waals surface area contributed by atoms with Gasteiger partial charge in [0.1, 0.15) is 0 Å². The van der Waals surface area contributed by atoms with Crippen LogP contribution in [0, 0.1) is 5.92 Å². The van der Waals surface area contributed by atoms with E-state index >= 15 is 0 Å². The average molecular weight is 281 g/mol. The molecule has 0 radical (unpaired) electrons. The van der Waals surface area contributed by atoms with Crippen molar-refractivity contribution in [2.24, 2.45) is 5.92 Å². The predicted octanol–water partition coefficient (Wildman–Crippen LogP) is 0.937. The van der Waals surface area contributed by atoms with Gasteiger partial charge in [0.25, 0.3) is 0 Å². The Morgan fingerprint density at radius 1 is 1.21 bits per heavy atom. The summed E-state index contributed by atoms with van der Waals surface area (Å²) in [6.45, 7) is 7.40. The van der Waals surface area contributed by atoms with Gasteiger partial charge in [-0.3, -0.25) is 9.69 Å². The van der Waals surface area contributed by atoms with Gasteiger partial charge >= 0.3 is 12.1 Å². The number of rotatable bonds is 4. The fraction of sp³-hybridized carbons (Fsp3) is 0.917.